The van der Waals surface area contributed by atoms with Gasteiger partial charge in [0.2, 0.25) is 5.96 Å². The van der Waals surface area contributed by atoms with Crippen LogP contribution in [0.15, 0.2) is 17.4 Å². The summed E-state index contributed by atoms with van der Waals surface area (Å²) in [7, 11) is -3.69. The summed E-state index contributed by atoms with van der Waals surface area (Å²) in [5.41, 5.74) is 8.09. The van der Waals surface area contributed by atoms with Crippen LogP contribution in [0.5, 0.6) is 0 Å². The largest absolute Gasteiger partial charge is 0.368 e. The molecule has 1 aliphatic rings. The second-order valence-electron chi connectivity index (χ2n) is 5.42. The maximum atomic E-state index is 12.4. The summed E-state index contributed by atoms with van der Waals surface area (Å²) in [6, 6.07) is 1.88. The van der Waals surface area contributed by atoms with Crippen molar-refractivity contribution in [1.29, 1.82) is 5.41 Å². The van der Waals surface area contributed by atoms with Gasteiger partial charge in [0.25, 0.3) is 10.0 Å². The molecule has 1 aromatic heterocycles. The van der Waals surface area contributed by atoms with Crippen molar-refractivity contribution in [2.45, 2.75) is 45.4 Å². The molecule has 22 heavy (non-hydrogen) atoms. The highest BCUT2D eigenvalue weighted by molar-refractivity contribution is 7.89. The van der Waals surface area contributed by atoms with Gasteiger partial charge in [0.15, 0.2) is 0 Å². The average Bonchev–Trinajstić information content (AvgIpc) is 2.93. The van der Waals surface area contributed by atoms with Gasteiger partial charge < -0.3 is 10.7 Å². The number of sulfonamides is 1. The molecule has 0 saturated heterocycles. The minimum absolute atomic E-state index is 0.0445. The summed E-state index contributed by atoms with van der Waals surface area (Å²) in [5, 5.41) is 11.8. The van der Waals surface area contributed by atoms with Crippen LogP contribution in [-0.2, 0) is 16.4 Å². The fourth-order valence-electron chi connectivity index (χ4n) is 2.55. The summed E-state index contributed by atoms with van der Waals surface area (Å²) < 4.78 is 25.4. The predicted molar refractivity (Wildman–Crippen MR) is 87.3 cm³/mol. The third kappa shape index (κ3) is 3.68. The van der Waals surface area contributed by atoms with Crippen molar-refractivity contribution in [2.24, 2.45) is 10.8 Å². The summed E-state index contributed by atoms with van der Waals surface area (Å²) >= 11 is 0. The number of rotatable bonds is 6. The molecule has 1 heterocycles. The van der Waals surface area contributed by atoms with Gasteiger partial charge in [0.1, 0.15) is 0 Å². The van der Waals surface area contributed by atoms with Gasteiger partial charge in [0.05, 0.1) is 11.5 Å². The minimum atomic E-state index is -3.69. The Morgan fingerprint density at radius 3 is 2.91 bits per heavy atom. The van der Waals surface area contributed by atoms with Gasteiger partial charge in [-0.15, -0.1) is 4.41 Å². The smallest absolute Gasteiger partial charge is 0.256 e. The van der Waals surface area contributed by atoms with E-state index in [1.807, 2.05) is 19.2 Å². The highest BCUT2D eigenvalue weighted by atomic mass is 32.2. The third-order valence-electron chi connectivity index (χ3n) is 3.67. The van der Waals surface area contributed by atoms with E-state index in [0.29, 0.717) is 23.0 Å². The molecule has 1 aromatic rings. The SMILES string of the molecule is CCCCCS(=O)(=O)N(N=C1CCCc2[nH]ccc21)C(=N)N. The summed E-state index contributed by atoms with van der Waals surface area (Å²) in [4.78, 5) is 3.14. The lowest BCUT2D eigenvalue weighted by Crippen LogP contribution is -2.39. The van der Waals surface area contributed by atoms with Crippen molar-refractivity contribution >= 4 is 21.7 Å². The number of H-pyrrole nitrogens is 1. The van der Waals surface area contributed by atoms with Crippen LogP contribution >= 0.6 is 0 Å². The highest BCUT2D eigenvalue weighted by Crippen LogP contribution is 2.21. The highest BCUT2D eigenvalue weighted by Gasteiger charge is 2.25. The third-order valence-corrected chi connectivity index (χ3v) is 5.28. The Labute approximate surface area is 131 Å². The molecule has 0 spiro atoms. The molecule has 122 valence electrons. The maximum absolute atomic E-state index is 12.4. The van der Waals surface area contributed by atoms with Gasteiger partial charge in [-0.25, -0.2) is 8.42 Å². The molecule has 0 unspecified atom stereocenters. The van der Waals surface area contributed by atoms with Crippen LogP contribution < -0.4 is 5.73 Å². The first-order valence-electron chi connectivity index (χ1n) is 7.57. The Morgan fingerprint density at radius 1 is 1.45 bits per heavy atom. The van der Waals surface area contributed by atoms with Gasteiger partial charge in [-0.1, -0.05) is 19.8 Å². The second-order valence-corrected chi connectivity index (χ2v) is 7.34. The van der Waals surface area contributed by atoms with Crippen LogP contribution in [0.4, 0.5) is 0 Å². The minimum Gasteiger partial charge on any atom is -0.368 e. The first-order valence-corrected chi connectivity index (χ1v) is 9.17. The van der Waals surface area contributed by atoms with Crippen molar-refractivity contribution in [3.63, 3.8) is 0 Å². The molecule has 8 heteroatoms. The number of guanidine groups is 1. The zero-order valence-electron chi connectivity index (χ0n) is 12.8. The Balaban J connectivity index is 2.27. The topological polar surface area (TPSA) is 115 Å². The van der Waals surface area contributed by atoms with Crippen molar-refractivity contribution in [1.82, 2.24) is 9.40 Å². The molecule has 4 N–H and O–H groups in total. The lowest BCUT2D eigenvalue weighted by molar-refractivity contribution is 0.525. The van der Waals surface area contributed by atoms with E-state index in [2.05, 4.69) is 10.1 Å². The van der Waals surface area contributed by atoms with E-state index >= 15 is 0 Å². The normalized spacial score (nSPS) is 16.5. The molecule has 1 aliphatic carbocycles. The standard InChI is InChI=1S/C14H23N5O2S/c1-2-3-4-10-22(20,21)19(14(15)16)18-13-7-5-6-12-11(13)8-9-17-12/h8-9,17H,2-7,10H2,1H3,(H3,15,16). The van der Waals surface area contributed by atoms with Crippen molar-refractivity contribution in [3.05, 3.63) is 23.5 Å². The van der Waals surface area contributed by atoms with Crippen LogP contribution in [0.1, 0.15) is 50.3 Å². The molecule has 0 aromatic carbocycles. The number of hydrazone groups is 1. The zero-order valence-corrected chi connectivity index (χ0v) is 13.6. The quantitative estimate of drug-likeness (QED) is 0.320. The molecule has 0 amide bonds. The molecular weight excluding hydrogens is 302 g/mol. The molecule has 2 rings (SSSR count). The Hall–Kier alpha value is -1.83. The molecule has 0 saturated carbocycles. The monoisotopic (exact) mass is 325 g/mol. The lowest BCUT2D eigenvalue weighted by atomic mass is 9.96. The molecule has 0 bridgehead atoms. The number of nitrogens with one attached hydrogen (secondary N) is 2. The van der Waals surface area contributed by atoms with Crippen molar-refractivity contribution in [3.8, 4) is 0 Å². The van der Waals surface area contributed by atoms with E-state index in [1.165, 1.54) is 0 Å². The number of unbranched alkanes of at least 4 members (excludes halogenated alkanes) is 2. The predicted octanol–water partition coefficient (Wildman–Crippen LogP) is 1.77. The number of aryl methyl sites for hydroxylation is 1. The van der Waals surface area contributed by atoms with E-state index in [9.17, 15) is 8.42 Å². The molecule has 0 fully saturated rings. The number of aromatic amines is 1. The maximum Gasteiger partial charge on any atom is 0.256 e. The van der Waals surface area contributed by atoms with Crippen LogP contribution in [-0.4, -0.2) is 35.2 Å². The summed E-state index contributed by atoms with van der Waals surface area (Å²) in [6.07, 6.45) is 6.61. The Morgan fingerprint density at radius 2 is 2.23 bits per heavy atom. The fraction of sp³-hybridized carbons (Fsp3) is 0.571. The van der Waals surface area contributed by atoms with E-state index in [0.717, 1.165) is 36.9 Å². The zero-order chi connectivity index (χ0) is 16.2. The number of nitrogens with two attached hydrogens (primary N) is 1. The van der Waals surface area contributed by atoms with E-state index in [1.54, 1.807) is 0 Å². The van der Waals surface area contributed by atoms with Crippen molar-refractivity contribution in [2.75, 3.05) is 5.75 Å². The van der Waals surface area contributed by atoms with Gasteiger partial charge >= 0.3 is 0 Å². The molecule has 0 atom stereocenters. The first kappa shape index (κ1) is 16.5. The van der Waals surface area contributed by atoms with Gasteiger partial charge in [0, 0.05) is 17.5 Å². The summed E-state index contributed by atoms with van der Waals surface area (Å²) in [5.74, 6) is -0.608. The number of fused-ring (bicyclic) bond motifs is 1. The summed E-state index contributed by atoms with van der Waals surface area (Å²) in [6.45, 7) is 2.01. The Kier molecular flexibility index (Phi) is 5.23. The van der Waals surface area contributed by atoms with Gasteiger partial charge in [-0.05, 0) is 31.7 Å². The van der Waals surface area contributed by atoms with Gasteiger partial charge in [-0.2, -0.15) is 5.10 Å². The number of hydrogen-bond donors (Lipinski definition) is 3. The van der Waals surface area contributed by atoms with E-state index in [-0.39, 0.29) is 5.75 Å². The number of nitrogens with zero attached hydrogens (tertiary/aromatic N) is 2. The number of hydrogen-bond acceptors (Lipinski definition) is 4. The van der Waals surface area contributed by atoms with Gasteiger partial charge in [-0.3, -0.25) is 5.41 Å². The van der Waals surface area contributed by atoms with Crippen molar-refractivity contribution < 1.29 is 8.42 Å². The van der Waals surface area contributed by atoms with Crippen LogP contribution in [0.2, 0.25) is 0 Å². The first-order chi connectivity index (χ1) is 10.5. The second kappa shape index (κ2) is 6.95. The van der Waals surface area contributed by atoms with Crippen LogP contribution in [0.3, 0.4) is 0 Å². The molecule has 0 radical (unpaired) electrons. The van der Waals surface area contributed by atoms with E-state index in [4.69, 9.17) is 11.1 Å². The van der Waals surface area contributed by atoms with E-state index < -0.39 is 16.0 Å². The molecular formula is C14H23N5O2S. The Bertz CT molecular complexity index is 663. The number of aromatic nitrogens is 1. The van der Waals surface area contributed by atoms with Crippen LogP contribution in [0.25, 0.3) is 0 Å². The molecule has 0 aliphatic heterocycles. The lowest BCUT2D eigenvalue weighted by Gasteiger charge is -2.20. The molecule has 7 nitrogen and oxygen atoms in total. The fourth-order valence-corrected chi connectivity index (χ4v) is 3.81. The van der Waals surface area contributed by atoms with Crippen LogP contribution in [0, 0.1) is 5.41 Å². The average molecular weight is 325 g/mol.